The van der Waals surface area contributed by atoms with Crippen molar-refractivity contribution in [2.45, 2.75) is 6.92 Å². The Hall–Kier alpha value is -4.37. The van der Waals surface area contributed by atoms with E-state index in [1.54, 1.807) is 6.20 Å². The SMILES string of the molecule is Cc1cc[c-]c(-c2ccccn2)c1.[Ir].[c-]1ccc(-n2c3ccccc3c3ccccc32)cc1-c1ccccn1. The smallest absolute Gasteiger partial charge is 0.0523 e. The Morgan fingerprint density at radius 3 is 1.62 bits per heavy atom. The molecular formula is C35H25IrN3-2. The second kappa shape index (κ2) is 12.0. The van der Waals surface area contributed by atoms with E-state index in [1.165, 1.54) is 27.4 Å². The summed E-state index contributed by atoms with van der Waals surface area (Å²) in [5, 5.41) is 2.54. The molecule has 0 amide bonds. The van der Waals surface area contributed by atoms with Crippen molar-refractivity contribution in [2.75, 3.05) is 0 Å². The van der Waals surface area contributed by atoms with Gasteiger partial charge in [-0.3, -0.25) is 0 Å². The van der Waals surface area contributed by atoms with E-state index < -0.39 is 0 Å². The molecule has 0 saturated carbocycles. The van der Waals surface area contributed by atoms with Crippen LogP contribution >= 0.6 is 0 Å². The molecule has 39 heavy (non-hydrogen) atoms. The zero-order chi connectivity index (χ0) is 25.7. The molecule has 0 aliphatic heterocycles. The van der Waals surface area contributed by atoms with Crippen molar-refractivity contribution in [1.29, 1.82) is 0 Å². The third-order valence-corrected chi connectivity index (χ3v) is 6.46. The summed E-state index contributed by atoms with van der Waals surface area (Å²) >= 11 is 0. The average molecular weight is 680 g/mol. The first-order chi connectivity index (χ1) is 18.8. The molecule has 3 aromatic heterocycles. The van der Waals surface area contributed by atoms with Crippen LogP contribution in [0.1, 0.15) is 5.56 Å². The largest absolute Gasteiger partial charge is 0.327 e. The van der Waals surface area contributed by atoms with E-state index in [4.69, 9.17) is 0 Å². The molecule has 0 spiro atoms. The van der Waals surface area contributed by atoms with Gasteiger partial charge in [0, 0.05) is 43.3 Å². The Morgan fingerprint density at radius 1 is 0.564 bits per heavy atom. The van der Waals surface area contributed by atoms with E-state index in [2.05, 4.69) is 100 Å². The average Bonchev–Trinajstić information content (AvgIpc) is 3.33. The number of hydrogen-bond donors (Lipinski definition) is 0. The molecule has 0 saturated heterocycles. The maximum absolute atomic E-state index is 4.46. The van der Waals surface area contributed by atoms with Crippen LogP contribution in [0, 0.1) is 19.1 Å². The summed E-state index contributed by atoms with van der Waals surface area (Å²) in [4.78, 5) is 8.71. The number of para-hydroxylation sites is 2. The number of hydrogen-bond acceptors (Lipinski definition) is 2. The molecule has 191 valence electrons. The molecule has 0 N–H and O–H groups in total. The number of benzene rings is 4. The van der Waals surface area contributed by atoms with Gasteiger partial charge in [0.1, 0.15) is 0 Å². The zero-order valence-electron chi connectivity index (χ0n) is 21.4. The minimum atomic E-state index is 0. The molecule has 3 nitrogen and oxygen atoms in total. The number of fused-ring (bicyclic) bond motifs is 3. The Bertz CT molecular complexity index is 1770. The van der Waals surface area contributed by atoms with E-state index in [0.717, 1.165) is 28.2 Å². The van der Waals surface area contributed by atoms with Crippen molar-refractivity contribution in [3.05, 3.63) is 151 Å². The van der Waals surface area contributed by atoms with Crippen LogP contribution in [0.3, 0.4) is 0 Å². The molecule has 7 aromatic rings. The van der Waals surface area contributed by atoms with Gasteiger partial charge in [0.05, 0.1) is 11.0 Å². The van der Waals surface area contributed by atoms with Crippen LogP contribution in [0.5, 0.6) is 0 Å². The van der Waals surface area contributed by atoms with Gasteiger partial charge < -0.3 is 14.5 Å². The second-order valence-electron chi connectivity index (χ2n) is 9.04. The van der Waals surface area contributed by atoms with Crippen LogP contribution in [0.4, 0.5) is 0 Å². The summed E-state index contributed by atoms with van der Waals surface area (Å²) in [6, 6.07) is 47.7. The van der Waals surface area contributed by atoms with Crippen LogP contribution in [0.25, 0.3) is 50.0 Å². The van der Waals surface area contributed by atoms with Crippen molar-refractivity contribution in [3.63, 3.8) is 0 Å². The monoisotopic (exact) mass is 680 g/mol. The van der Waals surface area contributed by atoms with Crippen LogP contribution in [-0.2, 0) is 20.1 Å². The van der Waals surface area contributed by atoms with Gasteiger partial charge in [-0.1, -0.05) is 67.6 Å². The van der Waals surface area contributed by atoms with Gasteiger partial charge in [0.2, 0.25) is 0 Å². The standard InChI is InChI=1S/C23H15N2.C12H10N.Ir/c1-3-13-22-19(10-1)20-11-2-4-14-23(20)25(22)18-9-7-8-17(16-18)21-12-5-6-15-24-21;1-10-5-4-6-11(9-10)12-7-2-3-8-13-12;/h1-7,9-16H;2-5,7-9H,1H3;/q2*-1;. The first-order valence-electron chi connectivity index (χ1n) is 12.6. The summed E-state index contributed by atoms with van der Waals surface area (Å²) in [5.41, 5.74) is 8.75. The topological polar surface area (TPSA) is 30.7 Å². The van der Waals surface area contributed by atoms with Gasteiger partial charge in [-0.05, 0) is 41.3 Å². The molecule has 0 unspecified atom stereocenters. The fourth-order valence-corrected chi connectivity index (χ4v) is 4.71. The van der Waals surface area contributed by atoms with Crippen molar-refractivity contribution < 1.29 is 20.1 Å². The molecule has 4 heteroatoms. The first kappa shape index (κ1) is 26.2. The second-order valence-corrected chi connectivity index (χ2v) is 9.04. The normalized spacial score (nSPS) is 10.5. The van der Waals surface area contributed by atoms with Crippen LogP contribution < -0.4 is 0 Å². The summed E-state index contributed by atoms with van der Waals surface area (Å²) in [6.45, 7) is 2.07. The Kier molecular flexibility index (Phi) is 8.07. The molecule has 7 rings (SSSR count). The minimum absolute atomic E-state index is 0. The van der Waals surface area contributed by atoms with E-state index in [-0.39, 0.29) is 20.1 Å². The Morgan fingerprint density at radius 2 is 1.08 bits per heavy atom. The van der Waals surface area contributed by atoms with Gasteiger partial charge in [-0.25, -0.2) is 0 Å². The van der Waals surface area contributed by atoms with Crippen LogP contribution in [0.2, 0.25) is 0 Å². The fraction of sp³-hybridized carbons (Fsp3) is 0.0286. The number of aromatic nitrogens is 3. The predicted molar refractivity (Wildman–Crippen MR) is 156 cm³/mol. The minimum Gasteiger partial charge on any atom is -0.327 e. The zero-order valence-corrected chi connectivity index (χ0v) is 23.8. The third kappa shape index (κ3) is 5.58. The summed E-state index contributed by atoms with van der Waals surface area (Å²) in [5.74, 6) is 0. The maximum atomic E-state index is 4.46. The van der Waals surface area contributed by atoms with Gasteiger partial charge in [-0.2, -0.15) is 0 Å². The summed E-state index contributed by atoms with van der Waals surface area (Å²) in [6.07, 6.45) is 3.61. The number of rotatable bonds is 3. The molecular weight excluding hydrogens is 655 g/mol. The van der Waals surface area contributed by atoms with Crippen molar-refractivity contribution in [3.8, 4) is 28.2 Å². The summed E-state index contributed by atoms with van der Waals surface area (Å²) in [7, 11) is 0. The van der Waals surface area contributed by atoms with Crippen LogP contribution in [-0.4, -0.2) is 14.5 Å². The van der Waals surface area contributed by atoms with Gasteiger partial charge in [-0.15, -0.1) is 65.2 Å². The van der Waals surface area contributed by atoms with Gasteiger partial charge in [0.25, 0.3) is 0 Å². The molecule has 1 radical (unpaired) electrons. The van der Waals surface area contributed by atoms with Gasteiger partial charge in [0.15, 0.2) is 0 Å². The number of aryl methyl sites for hydroxylation is 1. The first-order valence-corrected chi connectivity index (χ1v) is 12.6. The van der Waals surface area contributed by atoms with E-state index in [1.807, 2.05) is 60.8 Å². The molecule has 0 atom stereocenters. The van der Waals surface area contributed by atoms with Crippen molar-refractivity contribution >= 4 is 21.8 Å². The molecule has 3 heterocycles. The molecule has 0 fully saturated rings. The van der Waals surface area contributed by atoms with E-state index >= 15 is 0 Å². The van der Waals surface area contributed by atoms with Gasteiger partial charge >= 0.3 is 0 Å². The van der Waals surface area contributed by atoms with E-state index in [9.17, 15) is 0 Å². The quantitative estimate of drug-likeness (QED) is 0.176. The van der Waals surface area contributed by atoms with Crippen LogP contribution in [0.15, 0.2) is 134 Å². The Labute approximate surface area is 242 Å². The number of nitrogens with zero attached hydrogens (tertiary/aromatic N) is 3. The van der Waals surface area contributed by atoms with Crippen molar-refractivity contribution in [2.24, 2.45) is 0 Å². The predicted octanol–water partition coefficient (Wildman–Crippen LogP) is 8.50. The third-order valence-electron chi connectivity index (χ3n) is 6.46. The molecule has 4 aromatic carbocycles. The molecule has 0 bridgehead atoms. The maximum Gasteiger partial charge on any atom is 0.0523 e. The summed E-state index contributed by atoms with van der Waals surface area (Å²) < 4.78 is 2.31. The van der Waals surface area contributed by atoms with E-state index in [0.29, 0.717) is 0 Å². The number of pyridine rings is 2. The molecule has 0 aliphatic carbocycles. The molecule has 0 aliphatic rings. The van der Waals surface area contributed by atoms with Crippen molar-refractivity contribution in [1.82, 2.24) is 14.5 Å². The fourth-order valence-electron chi connectivity index (χ4n) is 4.71. The Balaban J connectivity index is 0.000000187.